The van der Waals surface area contributed by atoms with Crippen molar-refractivity contribution in [3.05, 3.63) is 60.8 Å². The summed E-state index contributed by atoms with van der Waals surface area (Å²) in [6.45, 7) is 9.05. The zero-order valence-electron chi connectivity index (χ0n) is 21.2. The summed E-state index contributed by atoms with van der Waals surface area (Å²) in [5.41, 5.74) is 4.55. The van der Waals surface area contributed by atoms with Gasteiger partial charge in [0.25, 0.3) is 0 Å². The number of nitrogens with one attached hydrogen (secondary N) is 2. The molecule has 3 aromatic rings. The molecule has 2 amide bonds. The number of piperazine rings is 1. The van der Waals surface area contributed by atoms with E-state index >= 15 is 0 Å². The molecular weight excluding hydrogens is 452 g/mol. The van der Waals surface area contributed by atoms with Crippen molar-refractivity contribution in [2.75, 3.05) is 41.7 Å². The van der Waals surface area contributed by atoms with Crippen molar-refractivity contribution in [3.8, 4) is 11.3 Å². The Kier molecular flexibility index (Phi) is 8.15. The van der Waals surface area contributed by atoms with Crippen LogP contribution in [0.1, 0.15) is 33.6 Å². The molecule has 0 unspecified atom stereocenters. The van der Waals surface area contributed by atoms with Crippen molar-refractivity contribution in [1.29, 1.82) is 0 Å². The van der Waals surface area contributed by atoms with Crippen molar-refractivity contribution in [1.82, 2.24) is 14.9 Å². The lowest BCUT2D eigenvalue weighted by atomic mass is 10.1. The zero-order valence-corrected chi connectivity index (χ0v) is 21.2. The molecule has 1 aromatic heterocycles. The van der Waals surface area contributed by atoms with Gasteiger partial charge >= 0.3 is 0 Å². The number of hydrogen-bond acceptors (Lipinski definition) is 6. The topological polar surface area (TPSA) is 90.5 Å². The number of aromatic nitrogens is 2. The van der Waals surface area contributed by atoms with Crippen LogP contribution in [0.5, 0.6) is 0 Å². The fourth-order valence-corrected chi connectivity index (χ4v) is 4.19. The maximum atomic E-state index is 12.2. The largest absolute Gasteiger partial charge is 0.368 e. The van der Waals surface area contributed by atoms with E-state index in [-0.39, 0.29) is 17.7 Å². The van der Waals surface area contributed by atoms with Crippen molar-refractivity contribution in [2.24, 2.45) is 5.92 Å². The standard InChI is InChI=1S/C28H34N6O2/c1-4-5-26(35)30-22-8-6-21(7-9-22)25-14-15-29-28(32-25)31-23-10-12-24(13-11-23)33-16-18-34(19-17-33)27(36)20(2)3/h6-15,20H,4-5,16-19H2,1-3H3,(H,30,35)(H,29,31,32). The minimum atomic E-state index is 0.0216. The Balaban J connectivity index is 1.36. The Hall–Kier alpha value is -3.94. The van der Waals surface area contributed by atoms with Gasteiger partial charge in [0.05, 0.1) is 5.69 Å². The maximum Gasteiger partial charge on any atom is 0.227 e. The first-order valence-corrected chi connectivity index (χ1v) is 12.6. The number of carbonyl (C=O) groups excluding carboxylic acids is 2. The quantitative estimate of drug-likeness (QED) is 0.469. The fraction of sp³-hybridized carbons (Fsp3) is 0.357. The predicted octanol–water partition coefficient (Wildman–Crippen LogP) is 4.93. The number of benzene rings is 2. The molecule has 2 heterocycles. The van der Waals surface area contributed by atoms with Crippen LogP contribution in [0, 0.1) is 5.92 Å². The second kappa shape index (κ2) is 11.7. The third kappa shape index (κ3) is 6.38. The Morgan fingerprint density at radius 3 is 2.22 bits per heavy atom. The Morgan fingerprint density at radius 2 is 1.58 bits per heavy atom. The number of carbonyl (C=O) groups is 2. The minimum Gasteiger partial charge on any atom is -0.368 e. The number of nitrogens with zero attached hydrogens (tertiary/aromatic N) is 4. The SMILES string of the molecule is CCCC(=O)Nc1ccc(-c2ccnc(Nc3ccc(N4CCN(C(=O)C(C)C)CC4)cc3)n2)cc1. The summed E-state index contributed by atoms with van der Waals surface area (Å²) in [5, 5.41) is 6.18. The summed E-state index contributed by atoms with van der Waals surface area (Å²) in [7, 11) is 0. The Morgan fingerprint density at radius 1 is 0.917 bits per heavy atom. The molecule has 0 bridgehead atoms. The summed E-state index contributed by atoms with van der Waals surface area (Å²) in [4.78, 5) is 37.3. The highest BCUT2D eigenvalue weighted by molar-refractivity contribution is 5.90. The number of anilines is 4. The molecule has 8 heteroatoms. The first-order chi connectivity index (χ1) is 17.4. The van der Waals surface area contributed by atoms with E-state index in [1.54, 1.807) is 6.20 Å². The van der Waals surface area contributed by atoms with E-state index in [1.807, 2.05) is 68.1 Å². The average Bonchev–Trinajstić information content (AvgIpc) is 2.89. The van der Waals surface area contributed by atoms with Crippen molar-refractivity contribution >= 4 is 34.8 Å². The monoisotopic (exact) mass is 486 g/mol. The summed E-state index contributed by atoms with van der Waals surface area (Å²) in [6.07, 6.45) is 3.06. The van der Waals surface area contributed by atoms with Crippen LogP contribution in [-0.2, 0) is 9.59 Å². The maximum absolute atomic E-state index is 12.2. The first-order valence-electron chi connectivity index (χ1n) is 12.6. The van der Waals surface area contributed by atoms with Crippen LogP contribution in [0.3, 0.4) is 0 Å². The molecule has 1 saturated heterocycles. The van der Waals surface area contributed by atoms with Crippen LogP contribution in [0.4, 0.5) is 23.0 Å². The summed E-state index contributed by atoms with van der Waals surface area (Å²) in [6, 6.07) is 17.7. The van der Waals surface area contributed by atoms with Gasteiger partial charge in [0, 0.05) is 67.3 Å². The molecule has 1 aliphatic heterocycles. The lowest BCUT2D eigenvalue weighted by Crippen LogP contribution is -2.49. The third-order valence-corrected chi connectivity index (χ3v) is 6.17. The lowest BCUT2D eigenvalue weighted by Gasteiger charge is -2.37. The van der Waals surface area contributed by atoms with Gasteiger partial charge in [-0.05, 0) is 48.9 Å². The van der Waals surface area contributed by atoms with Crippen LogP contribution in [0.15, 0.2) is 60.8 Å². The van der Waals surface area contributed by atoms with Gasteiger partial charge < -0.3 is 20.4 Å². The van der Waals surface area contributed by atoms with E-state index < -0.39 is 0 Å². The molecule has 8 nitrogen and oxygen atoms in total. The van der Waals surface area contributed by atoms with E-state index in [0.717, 1.165) is 60.9 Å². The van der Waals surface area contributed by atoms with Gasteiger partial charge in [-0.15, -0.1) is 0 Å². The van der Waals surface area contributed by atoms with E-state index in [9.17, 15) is 9.59 Å². The fourth-order valence-electron chi connectivity index (χ4n) is 4.19. The van der Waals surface area contributed by atoms with E-state index in [2.05, 4.69) is 37.6 Å². The molecule has 1 aliphatic rings. The third-order valence-electron chi connectivity index (χ3n) is 6.17. The molecule has 188 valence electrons. The van der Waals surface area contributed by atoms with Crippen LogP contribution in [-0.4, -0.2) is 52.9 Å². The van der Waals surface area contributed by atoms with Gasteiger partial charge in [-0.25, -0.2) is 9.97 Å². The Labute approximate surface area is 212 Å². The van der Waals surface area contributed by atoms with Crippen LogP contribution in [0.25, 0.3) is 11.3 Å². The summed E-state index contributed by atoms with van der Waals surface area (Å²) in [5.74, 6) is 0.806. The highest BCUT2D eigenvalue weighted by Crippen LogP contribution is 2.24. The van der Waals surface area contributed by atoms with Crippen molar-refractivity contribution < 1.29 is 9.59 Å². The molecule has 4 rings (SSSR count). The van der Waals surface area contributed by atoms with E-state index in [1.165, 1.54) is 0 Å². The number of hydrogen-bond donors (Lipinski definition) is 2. The molecule has 36 heavy (non-hydrogen) atoms. The van der Waals surface area contributed by atoms with Crippen molar-refractivity contribution in [3.63, 3.8) is 0 Å². The molecular formula is C28H34N6O2. The first kappa shape index (κ1) is 25.2. The highest BCUT2D eigenvalue weighted by Gasteiger charge is 2.22. The second-order valence-corrected chi connectivity index (χ2v) is 9.28. The molecule has 1 fully saturated rings. The molecule has 0 radical (unpaired) electrons. The molecule has 0 spiro atoms. The smallest absolute Gasteiger partial charge is 0.227 e. The Bertz CT molecular complexity index is 1170. The lowest BCUT2D eigenvalue weighted by molar-refractivity contribution is -0.134. The minimum absolute atomic E-state index is 0.0216. The van der Waals surface area contributed by atoms with Crippen LogP contribution in [0.2, 0.25) is 0 Å². The molecule has 2 N–H and O–H groups in total. The van der Waals surface area contributed by atoms with Gasteiger partial charge in [0.1, 0.15) is 0 Å². The van der Waals surface area contributed by atoms with Crippen LogP contribution >= 0.6 is 0 Å². The van der Waals surface area contributed by atoms with E-state index in [4.69, 9.17) is 0 Å². The molecule has 2 aromatic carbocycles. The van der Waals surface area contributed by atoms with Gasteiger partial charge in [0.2, 0.25) is 17.8 Å². The normalized spacial score (nSPS) is 13.6. The van der Waals surface area contributed by atoms with Gasteiger partial charge in [0.15, 0.2) is 0 Å². The zero-order chi connectivity index (χ0) is 25.5. The molecule has 0 aliphatic carbocycles. The number of rotatable bonds is 8. The summed E-state index contributed by atoms with van der Waals surface area (Å²) < 4.78 is 0. The molecule has 0 atom stereocenters. The second-order valence-electron chi connectivity index (χ2n) is 9.28. The van der Waals surface area contributed by atoms with Gasteiger partial charge in [-0.1, -0.05) is 32.9 Å². The van der Waals surface area contributed by atoms with E-state index in [0.29, 0.717) is 12.4 Å². The van der Waals surface area contributed by atoms with Crippen LogP contribution < -0.4 is 15.5 Å². The highest BCUT2D eigenvalue weighted by atomic mass is 16.2. The predicted molar refractivity (Wildman–Crippen MR) is 144 cm³/mol. The summed E-state index contributed by atoms with van der Waals surface area (Å²) >= 11 is 0. The van der Waals surface area contributed by atoms with Gasteiger partial charge in [-0.2, -0.15) is 0 Å². The number of amides is 2. The van der Waals surface area contributed by atoms with Gasteiger partial charge in [-0.3, -0.25) is 9.59 Å². The molecule has 0 saturated carbocycles. The average molecular weight is 487 g/mol. The van der Waals surface area contributed by atoms with Crippen molar-refractivity contribution in [2.45, 2.75) is 33.6 Å².